The fraction of sp³-hybridized carbons (Fsp3) is 0.650. The minimum absolute atomic E-state index is 0. The molecule has 1 heterocycles. The second-order valence-electron chi connectivity index (χ2n) is 7.52. The van der Waals surface area contributed by atoms with E-state index < -0.39 is 0 Å². The van der Waals surface area contributed by atoms with Crippen LogP contribution in [0.5, 0.6) is 0 Å². The van der Waals surface area contributed by atoms with Crippen LogP contribution >= 0.6 is 24.8 Å². The summed E-state index contributed by atoms with van der Waals surface area (Å²) in [5.41, 5.74) is 1.30. The molecule has 1 atom stereocenters. The molecule has 1 aliphatic carbocycles. The summed E-state index contributed by atoms with van der Waals surface area (Å²) in [4.78, 5) is 14.7. The summed E-state index contributed by atoms with van der Waals surface area (Å²) in [6, 6.07) is 10.9. The molecule has 2 N–H and O–H groups in total. The van der Waals surface area contributed by atoms with Gasteiger partial charge in [-0.05, 0) is 62.7 Å². The van der Waals surface area contributed by atoms with Crippen molar-refractivity contribution in [1.82, 2.24) is 15.5 Å². The average Bonchev–Trinajstić information content (AvgIpc) is 3.42. The van der Waals surface area contributed by atoms with Crippen LogP contribution in [0.3, 0.4) is 0 Å². The Morgan fingerprint density at radius 2 is 1.77 bits per heavy atom. The zero-order valence-corrected chi connectivity index (χ0v) is 17.3. The van der Waals surface area contributed by atoms with E-state index in [1.54, 1.807) is 0 Å². The van der Waals surface area contributed by atoms with E-state index in [-0.39, 0.29) is 36.8 Å². The first-order chi connectivity index (χ1) is 11.7. The Hall–Kier alpha value is -0.810. The Balaban J connectivity index is 0.00000169. The van der Waals surface area contributed by atoms with Gasteiger partial charge in [-0.1, -0.05) is 37.3 Å². The Morgan fingerprint density at radius 3 is 2.38 bits per heavy atom. The number of nitrogens with zero attached hydrogens (tertiary/aromatic N) is 1. The van der Waals surface area contributed by atoms with Crippen LogP contribution in [-0.2, 0) is 4.79 Å². The predicted octanol–water partition coefficient (Wildman–Crippen LogP) is 3.42. The van der Waals surface area contributed by atoms with Crippen LogP contribution in [0.1, 0.15) is 44.2 Å². The first-order valence-electron chi connectivity index (χ1n) is 9.49. The smallest absolute Gasteiger partial charge is 0.234 e. The number of hydrogen-bond donors (Lipinski definition) is 2. The molecule has 148 valence electrons. The first kappa shape index (κ1) is 23.2. The van der Waals surface area contributed by atoms with Crippen molar-refractivity contribution in [2.24, 2.45) is 11.8 Å². The lowest BCUT2D eigenvalue weighted by Crippen LogP contribution is -2.43. The number of likely N-dealkylation sites (tertiary alicyclic amines) is 1. The van der Waals surface area contributed by atoms with Crippen molar-refractivity contribution in [3.05, 3.63) is 35.9 Å². The number of carbonyl (C=O) groups excluding carboxylic acids is 1. The standard InChI is InChI=1S/C20H31N3O.2ClH/c1-16-9-11-23(12-10-16)19(18-5-3-2-4-6-18)14-22-20(24)15-21-13-17-7-8-17;;/h2-6,16-17,19,21H,7-15H2,1H3,(H,22,24);2*1H. The van der Waals surface area contributed by atoms with Crippen LogP contribution in [0, 0.1) is 11.8 Å². The summed E-state index contributed by atoms with van der Waals surface area (Å²) < 4.78 is 0. The quantitative estimate of drug-likeness (QED) is 0.701. The van der Waals surface area contributed by atoms with Crippen molar-refractivity contribution in [3.8, 4) is 0 Å². The van der Waals surface area contributed by atoms with Gasteiger partial charge in [-0.2, -0.15) is 0 Å². The Kier molecular flexibility index (Phi) is 10.6. The van der Waals surface area contributed by atoms with Crippen molar-refractivity contribution in [1.29, 1.82) is 0 Å². The maximum Gasteiger partial charge on any atom is 0.234 e. The molecule has 1 unspecified atom stereocenters. The van der Waals surface area contributed by atoms with Crippen molar-refractivity contribution in [3.63, 3.8) is 0 Å². The number of piperidine rings is 1. The lowest BCUT2D eigenvalue weighted by molar-refractivity contribution is -0.120. The third-order valence-electron chi connectivity index (χ3n) is 5.35. The van der Waals surface area contributed by atoms with Crippen molar-refractivity contribution in [2.45, 2.75) is 38.6 Å². The summed E-state index contributed by atoms with van der Waals surface area (Å²) in [6.07, 6.45) is 5.14. The molecule has 1 aromatic carbocycles. The predicted molar refractivity (Wildman–Crippen MR) is 112 cm³/mol. The summed E-state index contributed by atoms with van der Waals surface area (Å²) in [6.45, 7) is 6.70. The fourth-order valence-electron chi connectivity index (χ4n) is 3.46. The second kappa shape index (κ2) is 11.8. The molecule has 1 aliphatic heterocycles. The zero-order valence-electron chi connectivity index (χ0n) is 15.7. The van der Waals surface area contributed by atoms with Gasteiger partial charge in [0.1, 0.15) is 0 Å². The average molecular weight is 402 g/mol. The van der Waals surface area contributed by atoms with E-state index in [2.05, 4.69) is 52.8 Å². The molecular formula is C20H33Cl2N3O. The summed E-state index contributed by atoms with van der Waals surface area (Å²) in [5.74, 6) is 1.74. The van der Waals surface area contributed by atoms with Crippen LogP contribution in [0.15, 0.2) is 30.3 Å². The number of hydrogen-bond acceptors (Lipinski definition) is 3. The largest absolute Gasteiger partial charge is 0.353 e. The Morgan fingerprint density at radius 1 is 1.12 bits per heavy atom. The third-order valence-corrected chi connectivity index (χ3v) is 5.35. The molecule has 0 bridgehead atoms. The lowest BCUT2D eigenvalue weighted by Gasteiger charge is -2.37. The van der Waals surface area contributed by atoms with E-state index in [9.17, 15) is 4.79 Å². The van der Waals surface area contributed by atoms with Gasteiger partial charge in [0, 0.05) is 6.54 Å². The number of carbonyl (C=O) groups is 1. The van der Waals surface area contributed by atoms with Gasteiger partial charge in [0.2, 0.25) is 5.91 Å². The Bertz CT molecular complexity index is 517. The van der Waals surface area contributed by atoms with E-state index in [1.807, 2.05) is 0 Å². The summed E-state index contributed by atoms with van der Waals surface area (Å²) in [5, 5.41) is 6.41. The maximum atomic E-state index is 12.1. The van der Waals surface area contributed by atoms with Gasteiger partial charge in [0.15, 0.2) is 0 Å². The molecule has 2 aliphatic rings. The van der Waals surface area contributed by atoms with E-state index in [0.29, 0.717) is 13.1 Å². The molecule has 1 saturated carbocycles. The molecule has 3 rings (SSSR count). The monoisotopic (exact) mass is 401 g/mol. The SMILES string of the molecule is CC1CCN(C(CNC(=O)CNCC2CC2)c2ccccc2)CC1.Cl.Cl. The summed E-state index contributed by atoms with van der Waals surface area (Å²) >= 11 is 0. The summed E-state index contributed by atoms with van der Waals surface area (Å²) in [7, 11) is 0. The second-order valence-corrected chi connectivity index (χ2v) is 7.52. The minimum atomic E-state index is 0. The van der Waals surface area contributed by atoms with Crippen molar-refractivity contribution in [2.75, 3.05) is 32.7 Å². The van der Waals surface area contributed by atoms with Gasteiger partial charge in [0.25, 0.3) is 0 Å². The minimum Gasteiger partial charge on any atom is -0.353 e. The van der Waals surface area contributed by atoms with E-state index >= 15 is 0 Å². The fourth-order valence-corrected chi connectivity index (χ4v) is 3.46. The Labute approximate surface area is 170 Å². The molecule has 6 heteroatoms. The molecule has 1 aromatic rings. The van der Waals surface area contributed by atoms with Gasteiger partial charge in [0.05, 0.1) is 12.6 Å². The highest BCUT2D eigenvalue weighted by molar-refractivity contribution is 5.85. The molecule has 0 spiro atoms. The molecular weight excluding hydrogens is 369 g/mol. The number of benzene rings is 1. The molecule has 0 aromatic heterocycles. The van der Waals surface area contributed by atoms with Crippen LogP contribution in [0.4, 0.5) is 0 Å². The van der Waals surface area contributed by atoms with Gasteiger partial charge < -0.3 is 10.6 Å². The van der Waals surface area contributed by atoms with Gasteiger partial charge >= 0.3 is 0 Å². The van der Waals surface area contributed by atoms with Crippen LogP contribution < -0.4 is 10.6 Å². The third kappa shape index (κ3) is 7.43. The van der Waals surface area contributed by atoms with Crippen LogP contribution in [-0.4, -0.2) is 43.5 Å². The number of halogens is 2. The molecule has 2 fully saturated rings. The van der Waals surface area contributed by atoms with Crippen LogP contribution in [0.25, 0.3) is 0 Å². The maximum absolute atomic E-state index is 12.1. The molecule has 1 saturated heterocycles. The van der Waals surface area contributed by atoms with E-state index in [0.717, 1.165) is 31.5 Å². The van der Waals surface area contributed by atoms with Gasteiger partial charge in [-0.25, -0.2) is 0 Å². The van der Waals surface area contributed by atoms with Crippen molar-refractivity contribution < 1.29 is 4.79 Å². The van der Waals surface area contributed by atoms with Crippen molar-refractivity contribution >= 4 is 30.7 Å². The number of amides is 1. The molecule has 1 amide bonds. The molecule has 0 radical (unpaired) electrons. The first-order valence-corrected chi connectivity index (χ1v) is 9.49. The molecule has 26 heavy (non-hydrogen) atoms. The highest BCUT2D eigenvalue weighted by Gasteiger charge is 2.25. The zero-order chi connectivity index (χ0) is 16.8. The van der Waals surface area contributed by atoms with Gasteiger partial charge in [-0.15, -0.1) is 24.8 Å². The highest BCUT2D eigenvalue weighted by atomic mass is 35.5. The topological polar surface area (TPSA) is 44.4 Å². The van der Waals surface area contributed by atoms with Crippen LogP contribution in [0.2, 0.25) is 0 Å². The molecule has 4 nitrogen and oxygen atoms in total. The normalized spacial score (nSPS) is 19.1. The lowest BCUT2D eigenvalue weighted by atomic mass is 9.95. The van der Waals surface area contributed by atoms with Gasteiger partial charge in [-0.3, -0.25) is 9.69 Å². The number of rotatable bonds is 8. The van der Waals surface area contributed by atoms with E-state index in [4.69, 9.17) is 0 Å². The van der Waals surface area contributed by atoms with E-state index in [1.165, 1.54) is 31.2 Å². The highest BCUT2D eigenvalue weighted by Crippen LogP contribution is 2.27. The number of nitrogens with one attached hydrogen (secondary N) is 2.